The Balaban J connectivity index is 1.52. The highest BCUT2D eigenvalue weighted by atomic mass is 32.1. The van der Waals surface area contributed by atoms with Gasteiger partial charge in [0.25, 0.3) is 0 Å². The third kappa shape index (κ3) is 3.71. The largest absolute Gasteiger partial charge is 0.510 e. The number of aliphatic hydroxyl groups is 1. The number of hydrogen-bond acceptors (Lipinski definition) is 4. The Morgan fingerprint density at radius 3 is 2.21 bits per heavy atom. The summed E-state index contributed by atoms with van der Waals surface area (Å²) >= 11 is 1.48. The molecular formula is C23H23N3OS. The number of hydrogen-bond donors (Lipinski definition) is 2. The van der Waals surface area contributed by atoms with Crippen LogP contribution in [-0.4, -0.2) is 33.9 Å². The molecule has 2 N–H and O–H groups in total. The highest BCUT2D eigenvalue weighted by Gasteiger charge is 2.30. The van der Waals surface area contributed by atoms with Crippen LogP contribution < -0.4 is 0 Å². The van der Waals surface area contributed by atoms with Gasteiger partial charge in [0.05, 0.1) is 12.1 Å². The van der Waals surface area contributed by atoms with Gasteiger partial charge in [0.1, 0.15) is 16.6 Å². The molecule has 3 aromatic rings. The number of aromatic nitrogens is 1. The summed E-state index contributed by atoms with van der Waals surface area (Å²) in [4.78, 5) is 6.40. The average Bonchev–Trinajstić information content (AvgIpc) is 3.26. The zero-order chi connectivity index (χ0) is 19.5. The molecule has 0 radical (unpaired) electrons. The SMILES string of the molecule is Cc1csc(C2=C(O)CN(CCC(c3ccccc3)c3ccccc3)C2=N)n1. The van der Waals surface area contributed by atoms with E-state index in [1.54, 1.807) is 0 Å². The van der Waals surface area contributed by atoms with Gasteiger partial charge in [-0.15, -0.1) is 11.3 Å². The summed E-state index contributed by atoms with van der Waals surface area (Å²) in [5.74, 6) is 0.866. The Kier molecular flexibility index (Phi) is 5.26. The quantitative estimate of drug-likeness (QED) is 0.606. The van der Waals surface area contributed by atoms with Gasteiger partial charge in [-0.05, 0) is 24.5 Å². The number of aryl methyl sites for hydroxylation is 1. The molecule has 0 fully saturated rings. The topological polar surface area (TPSA) is 60.2 Å². The summed E-state index contributed by atoms with van der Waals surface area (Å²) in [6, 6.07) is 21.0. The molecule has 2 heterocycles. The second kappa shape index (κ2) is 7.98. The van der Waals surface area contributed by atoms with Crippen molar-refractivity contribution >= 4 is 22.7 Å². The molecule has 28 heavy (non-hydrogen) atoms. The first kappa shape index (κ1) is 18.4. The zero-order valence-electron chi connectivity index (χ0n) is 15.8. The van der Waals surface area contributed by atoms with Gasteiger partial charge >= 0.3 is 0 Å². The standard InChI is InChI=1S/C23H23N3OS/c1-16-15-28-23(25-16)21-20(27)14-26(22(21)24)13-12-19(17-8-4-2-5-9-17)18-10-6-3-7-11-18/h2-11,15,19,24,27H,12-14H2,1H3. The molecule has 2 aromatic carbocycles. The average molecular weight is 390 g/mol. The summed E-state index contributed by atoms with van der Waals surface area (Å²) in [5.41, 5.74) is 4.04. The zero-order valence-corrected chi connectivity index (χ0v) is 16.6. The van der Waals surface area contributed by atoms with Crippen LogP contribution in [0.4, 0.5) is 0 Å². The number of nitrogens with zero attached hydrogens (tertiary/aromatic N) is 2. The lowest BCUT2D eigenvalue weighted by molar-refractivity contribution is 0.344. The van der Waals surface area contributed by atoms with Crippen LogP contribution in [0.2, 0.25) is 0 Å². The summed E-state index contributed by atoms with van der Waals surface area (Å²) in [6.07, 6.45) is 0.869. The monoisotopic (exact) mass is 389 g/mol. The van der Waals surface area contributed by atoms with Crippen molar-refractivity contribution in [2.24, 2.45) is 0 Å². The van der Waals surface area contributed by atoms with Crippen molar-refractivity contribution in [3.05, 3.63) is 93.6 Å². The normalized spacial score (nSPS) is 14.4. The second-order valence-electron chi connectivity index (χ2n) is 7.05. The first-order valence-electron chi connectivity index (χ1n) is 9.42. The Bertz CT molecular complexity index is 955. The van der Waals surface area contributed by atoms with Crippen LogP contribution in [0.15, 0.2) is 71.8 Å². The molecule has 0 aliphatic carbocycles. The van der Waals surface area contributed by atoms with Gasteiger partial charge in [0, 0.05) is 23.5 Å². The van der Waals surface area contributed by atoms with Crippen molar-refractivity contribution in [2.75, 3.05) is 13.1 Å². The fraction of sp³-hybridized carbons (Fsp3) is 0.217. The Morgan fingerprint density at radius 2 is 1.68 bits per heavy atom. The minimum absolute atomic E-state index is 0.246. The predicted molar refractivity (Wildman–Crippen MR) is 115 cm³/mol. The van der Waals surface area contributed by atoms with E-state index in [-0.39, 0.29) is 11.7 Å². The number of amidine groups is 1. The van der Waals surface area contributed by atoms with Gasteiger partial charge in [-0.25, -0.2) is 4.98 Å². The van der Waals surface area contributed by atoms with Crippen LogP contribution in [-0.2, 0) is 0 Å². The van der Waals surface area contributed by atoms with Crippen LogP contribution in [0, 0.1) is 12.3 Å². The molecule has 0 bridgehead atoms. The maximum Gasteiger partial charge on any atom is 0.135 e. The molecule has 0 atom stereocenters. The summed E-state index contributed by atoms with van der Waals surface area (Å²) in [5, 5.41) is 21.7. The van der Waals surface area contributed by atoms with Gasteiger partial charge < -0.3 is 10.0 Å². The fourth-order valence-electron chi connectivity index (χ4n) is 3.70. The highest BCUT2D eigenvalue weighted by Crippen LogP contribution is 2.32. The van der Waals surface area contributed by atoms with Crippen LogP contribution in [0.5, 0.6) is 0 Å². The maximum atomic E-state index is 10.5. The molecule has 0 saturated heterocycles. The Morgan fingerprint density at radius 1 is 1.07 bits per heavy atom. The molecule has 4 rings (SSSR count). The van der Waals surface area contributed by atoms with Crippen LogP contribution in [0.3, 0.4) is 0 Å². The molecule has 0 amide bonds. The van der Waals surface area contributed by atoms with E-state index in [0.29, 0.717) is 24.5 Å². The second-order valence-corrected chi connectivity index (χ2v) is 7.91. The Hall–Kier alpha value is -2.92. The lowest BCUT2D eigenvalue weighted by Crippen LogP contribution is -2.29. The predicted octanol–water partition coefficient (Wildman–Crippen LogP) is 5.24. The van der Waals surface area contributed by atoms with E-state index in [2.05, 4.69) is 53.5 Å². The van der Waals surface area contributed by atoms with Gasteiger partial charge in [-0.2, -0.15) is 0 Å². The third-order valence-corrected chi connectivity index (χ3v) is 6.08. The molecule has 4 nitrogen and oxygen atoms in total. The molecule has 0 spiro atoms. The molecule has 0 unspecified atom stereocenters. The molecule has 0 saturated carbocycles. The van der Waals surface area contributed by atoms with Gasteiger partial charge in [-0.3, -0.25) is 5.41 Å². The van der Waals surface area contributed by atoms with E-state index in [9.17, 15) is 5.11 Å². The van der Waals surface area contributed by atoms with Gasteiger partial charge in [0.2, 0.25) is 0 Å². The molecule has 1 aromatic heterocycles. The number of rotatable bonds is 6. The van der Waals surface area contributed by atoms with Crippen molar-refractivity contribution in [2.45, 2.75) is 19.3 Å². The van der Waals surface area contributed by atoms with Gasteiger partial charge in [0.15, 0.2) is 0 Å². The van der Waals surface area contributed by atoms with Crippen molar-refractivity contribution < 1.29 is 5.11 Å². The fourth-order valence-corrected chi connectivity index (χ4v) is 4.56. The highest BCUT2D eigenvalue weighted by molar-refractivity contribution is 7.11. The van der Waals surface area contributed by atoms with E-state index in [4.69, 9.17) is 5.41 Å². The summed E-state index contributed by atoms with van der Waals surface area (Å²) in [7, 11) is 0. The number of benzene rings is 2. The molecule has 1 aliphatic rings. The molecule has 1 aliphatic heterocycles. The van der Waals surface area contributed by atoms with E-state index >= 15 is 0 Å². The first-order chi connectivity index (χ1) is 13.6. The Labute approximate surface area is 169 Å². The van der Waals surface area contributed by atoms with Crippen LogP contribution >= 0.6 is 11.3 Å². The van der Waals surface area contributed by atoms with Crippen molar-refractivity contribution in [1.82, 2.24) is 9.88 Å². The minimum atomic E-state index is 0.246. The summed E-state index contributed by atoms with van der Waals surface area (Å²) in [6.45, 7) is 3.01. The first-order valence-corrected chi connectivity index (χ1v) is 10.3. The molecule has 142 valence electrons. The number of thiazole rings is 1. The van der Waals surface area contributed by atoms with Crippen molar-refractivity contribution in [1.29, 1.82) is 5.41 Å². The molecular weight excluding hydrogens is 366 g/mol. The minimum Gasteiger partial charge on any atom is -0.510 e. The van der Waals surface area contributed by atoms with Crippen molar-refractivity contribution in [3.63, 3.8) is 0 Å². The van der Waals surface area contributed by atoms with E-state index < -0.39 is 0 Å². The number of nitrogens with one attached hydrogen (secondary N) is 1. The van der Waals surface area contributed by atoms with E-state index in [1.165, 1.54) is 22.5 Å². The van der Waals surface area contributed by atoms with Crippen molar-refractivity contribution in [3.8, 4) is 0 Å². The molecule has 5 heteroatoms. The lowest BCUT2D eigenvalue weighted by Gasteiger charge is -2.23. The van der Waals surface area contributed by atoms with Crippen LogP contribution in [0.1, 0.15) is 34.2 Å². The van der Waals surface area contributed by atoms with E-state index in [1.807, 2.05) is 29.3 Å². The lowest BCUT2D eigenvalue weighted by atomic mass is 9.88. The van der Waals surface area contributed by atoms with Crippen LogP contribution in [0.25, 0.3) is 5.57 Å². The maximum absolute atomic E-state index is 10.5. The smallest absolute Gasteiger partial charge is 0.135 e. The number of aliphatic hydroxyl groups excluding tert-OH is 1. The van der Waals surface area contributed by atoms with E-state index in [0.717, 1.165) is 17.1 Å². The summed E-state index contributed by atoms with van der Waals surface area (Å²) < 4.78 is 0. The van der Waals surface area contributed by atoms with Gasteiger partial charge in [-0.1, -0.05) is 60.7 Å². The third-order valence-electron chi connectivity index (χ3n) is 5.11.